The summed E-state index contributed by atoms with van der Waals surface area (Å²) in [6.07, 6.45) is 0.933. The van der Waals surface area contributed by atoms with Crippen LogP contribution in [0.5, 0.6) is 11.5 Å². The molecule has 0 aromatic heterocycles. The second-order valence-electron chi connectivity index (χ2n) is 3.55. The Balaban J connectivity index is 2.32. The Labute approximate surface area is 83.8 Å². The molecule has 76 valence electrons. The molecule has 1 aromatic carbocycles. The van der Waals surface area contributed by atoms with Crippen LogP contribution in [0.1, 0.15) is 24.9 Å². The number of hydrogen-bond acceptors (Lipinski definition) is 3. The highest BCUT2D eigenvalue weighted by atomic mass is 16.5. The van der Waals surface area contributed by atoms with Crippen molar-refractivity contribution in [1.29, 1.82) is 0 Å². The number of hydrogen-bond donors (Lipinski definition) is 1. The first kappa shape index (κ1) is 9.34. The molecule has 1 aliphatic heterocycles. The molecule has 1 heterocycles. The van der Waals surface area contributed by atoms with Crippen molar-refractivity contribution >= 4 is 0 Å². The van der Waals surface area contributed by atoms with E-state index in [0.717, 1.165) is 36.7 Å². The van der Waals surface area contributed by atoms with Crippen molar-refractivity contribution in [2.75, 3.05) is 13.2 Å². The van der Waals surface area contributed by atoms with Crippen LogP contribution in [0.4, 0.5) is 0 Å². The molecule has 0 fully saturated rings. The van der Waals surface area contributed by atoms with E-state index in [0.29, 0.717) is 0 Å². The van der Waals surface area contributed by atoms with Gasteiger partial charge in [-0.25, -0.2) is 0 Å². The molecule has 0 saturated heterocycles. The summed E-state index contributed by atoms with van der Waals surface area (Å²) in [6, 6.07) is 5.91. The molecule has 0 spiro atoms. The monoisotopic (exact) mass is 193 g/mol. The molecule has 0 bridgehead atoms. The average molecular weight is 193 g/mol. The van der Waals surface area contributed by atoms with Crippen molar-refractivity contribution in [3.63, 3.8) is 0 Å². The lowest BCUT2D eigenvalue weighted by molar-refractivity contribution is 0.297. The van der Waals surface area contributed by atoms with Gasteiger partial charge < -0.3 is 15.2 Å². The van der Waals surface area contributed by atoms with Crippen LogP contribution in [0.25, 0.3) is 0 Å². The van der Waals surface area contributed by atoms with Crippen LogP contribution in [0.15, 0.2) is 18.2 Å². The van der Waals surface area contributed by atoms with Crippen LogP contribution < -0.4 is 15.2 Å². The molecular weight excluding hydrogens is 178 g/mol. The Morgan fingerprint density at radius 3 is 2.64 bits per heavy atom. The van der Waals surface area contributed by atoms with E-state index in [1.165, 1.54) is 0 Å². The standard InChI is InChI=1S/C11H15NO2/c1-8(12)9-3-4-10-11(7-9)14-6-2-5-13-10/h3-4,7-8H,2,5-6,12H2,1H3/t8-/m0/s1. The Morgan fingerprint density at radius 1 is 1.21 bits per heavy atom. The van der Waals surface area contributed by atoms with E-state index in [4.69, 9.17) is 15.2 Å². The quantitative estimate of drug-likeness (QED) is 0.740. The van der Waals surface area contributed by atoms with Gasteiger partial charge in [0.2, 0.25) is 0 Å². The highest BCUT2D eigenvalue weighted by molar-refractivity contribution is 5.44. The summed E-state index contributed by atoms with van der Waals surface area (Å²) in [5, 5.41) is 0. The zero-order valence-corrected chi connectivity index (χ0v) is 8.32. The number of nitrogens with two attached hydrogens (primary N) is 1. The first-order valence-electron chi connectivity index (χ1n) is 4.92. The molecule has 14 heavy (non-hydrogen) atoms. The third-order valence-electron chi connectivity index (χ3n) is 2.30. The number of rotatable bonds is 1. The Kier molecular flexibility index (Phi) is 2.59. The molecule has 0 saturated carbocycles. The van der Waals surface area contributed by atoms with Gasteiger partial charge in [0.1, 0.15) is 0 Å². The van der Waals surface area contributed by atoms with E-state index in [1.54, 1.807) is 0 Å². The van der Waals surface area contributed by atoms with Gasteiger partial charge in [0.25, 0.3) is 0 Å². The smallest absolute Gasteiger partial charge is 0.161 e. The average Bonchev–Trinajstić information content (AvgIpc) is 2.41. The number of fused-ring (bicyclic) bond motifs is 1. The van der Waals surface area contributed by atoms with Crippen molar-refractivity contribution < 1.29 is 9.47 Å². The third kappa shape index (κ3) is 1.82. The van der Waals surface area contributed by atoms with Crippen LogP contribution in [-0.2, 0) is 0 Å². The van der Waals surface area contributed by atoms with Gasteiger partial charge in [0.15, 0.2) is 11.5 Å². The molecule has 1 aliphatic rings. The summed E-state index contributed by atoms with van der Waals surface area (Å²) in [5.74, 6) is 1.64. The molecule has 0 unspecified atom stereocenters. The number of ether oxygens (including phenoxy) is 2. The SMILES string of the molecule is C[C@H](N)c1ccc2c(c1)OCCCO2. The molecule has 3 nitrogen and oxygen atoms in total. The van der Waals surface area contributed by atoms with Crippen LogP contribution in [-0.4, -0.2) is 13.2 Å². The first-order chi connectivity index (χ1) is 6.77. The van der Waals surface area contributed by atoms with Gasteiger partial charge in [0, 0.05) is 12.5 Å². The lowest BCUT2D eigenvalue weighted by Crippen LogP contribution is -2.05. The molecule has 2 N–H and O–H groups in total. The van der Waals surface area contributed by atoms with Gasteiger partial charge in [-0.3, -0.25) is 0 Å². The van der Waals surface area contributed by atoms with Crippen molar-refractivity contribution in [1.82, 2.24) is 0 Å². The van der Waals surface area contributed by atoms with E-state index in [1.807, 2.05) is 25.1 Å². The van der Waals surface area contributed by atoms with E-state index in [-0.39, 0.29) is 6.04 Å². The van der Waals surface area contributed by atoms with Gasteiger partial charge in [0.05, 0.1) is 13.2 Å². The molecule has 1 atom stereocenters. The van der Waals surface area contributed by atoms with Crippen LogP contribution in [0.2, 0.25) is 0 Å². The maximum absolute atomic E-state index is 5.79. The first-order valence-corrected chi connectivity index (χ1v) is 4.92. The minimum Gasteiger partial charge on any atom is -0.490 e. The minimum atomic E-state index is 0.0344. The maximum Gasteiger partial charge on any atom is 0.161 e. The summed E-state index contributed by atoms with van der Waals surface area (Å²) < 4.78 is 11.1. The molecule has 2 rings (SSSR count). The Morgan fingerprint density at radius 2 is 1.93 bits per heavy atom. The molecule has 0 amide bonds. The summed E-state index contributed by atoms with van der Waals surface area (Å²) in [7, 11) is 0. The van der Waals surface area contributed by atoms with Crippen molar-refractivity contribution in [2.24, 2.45) is 5.73 Å². The zero-order valence-electron chi connectivity index (χ0n) is 8.32. The molecule has 3 heteroatoms. The summed E-state index contributed by atoms with van der Waals surface area (Å²) in [5.41, 5.74) is 6.87. The van der Waals surface area contributed by atoms with Crippen molar-refractivity contribution in [2.45, 2.75) is 19.4 Å². The summed E-state index contributed by atoms with van der Waals surface area (Å²) >= 11 is 0. The molecular formula is C11H15NO2. The van der Waals surface area contributed by atoms with Crippen LogP contribution in [0, 0.1) is 0 Å². The van der Waals surface area contributed by atoms with E-state index in [2.05, 4.69) is 0 Å². The fraction of sp³-hybridized carbons (Fsp3) is 0.455. The van der Waals surface area contributed by atoms with E-state index >= 15 is 0 Å². The third-order valence-corrected chi connectivity index (χ3v) is 2.30. The molecule has 0 aliphatic carbocycles. The fourth-order valence-electron chi connectivity index (χ4n) is 1.46. The van der Waals surface area contributed by atoms with Crippen LogP contribution in [0.3, 0.4) is 0 Å². The molecule has 1 aromatic rings. The highest BCUT2D eigenvalue weighted by Crippen LogP contribution is 2.31. The predicted octanol–water partition coefficient (Wildman–Crippen LogP) is 1.87. The fourth-order valence-corrected chi connectivity index (χ4v) is 1.46. The highest BCUT2D eigenvalue weighted by Gasteiger charge is 2.11. The summed E-state index contributed by atoms with van der Waals surface area (Å²) in [6.45, 7) is 3.40. The maximum atomic E-state index is 5.79. The Hall–Kier alpha value is -1.22. The van der Waals surface area contributed by atoms with Gasteiger partial charge >= 0.3 is 0 Å². The van der Waals surface area contributed by atoms with Gasteiger partial charge in [-0.15, -0.1) is 0 Å². The van der Waals surface area contributed by atoms with Crippen molar-refractivity contribution in [3.8, 4) is 11.5 Å². The lowest BCUT2D eigenvalue weighted by Gasteiger charge is -2.11. The second kappa shape index (κ2) is 3.88. The summed E-state index contributed by atoms with van der Waals surface area (Å²) in [4.78, 5) is 0. The predicted molar refractivity (Wildman–Crippen MR) is 54.7 cm³/mol. The van der Waals surface area contributed by atoms with Crippen molar-refractivity contribution in [3.05, 3.63) is 23.8 Å². The van der Waals surface area contributed by atoms with Gasteiger partial charge in [-0.2, -0.15) is 0 Å². The largest absolute Gasteiger partial charge is 0.490 e. The van der Waals surface area contributed by atoms with E-state index < -0.39 is 0 Å². The zero-order chi connectivity index (χ0) is 9.97. The van der Waals surface area contributed by atoms with Gasteiger partial charge in [-0.05, 0) is 24.6 Å². The van der Waals surface area contributed by atoms with Crippen LogP contribution >= 0.6 is 0 Å². The second-order valence-corrected chi connectivity index (χ2v) is 3.55. The normalized spacial score (nSPS) is 17.3. The lowest BCUT2D eigenvalue weighted by atomic mass is 10.1. The minimum absolute atomic E-state index is 0.0344. The van der Waals surface area contributed by atoms with Gasteiger partial charge in [-0.1, -0.05) is 6.07 Å². The molecule has 0 radical (unpaired) electrons. The Bertz CT molecular complexity index is 323. The number of benzene rings is 1. The van der Waals surface area contributed by atoms with E-state index in [9.17, 15) is 0 Å². The topological polar surface area (TPSA) is 44.5 Å².